The monoisotopic (exact) mass is 371 g/mol. The lowest BCUT2D eigenvalue weighted by atomic mass is 9.77. The normalized spacial score (nSPS) is 19.9. The summed E-state index contributed by atoms with van der Waals surface area (Å²) in [4.78, 5) is 2.43. The Morgan fingerprint density at radius 2 is 1.67 bits per heavy atom. The molecule has 146 valence electrons. The number of hydrogen-bond acceptors (Lipinski definition) is 5. The Kier molecular flexibility index (Phi) is 6.24. The van der Waals surface area contributed by atoms with Crippen LogP contribution in [-0.2, 0) is 12.0 Å². The zero-order valence-electron chi connectivity index (χ0n) is 16.4. The molecular weight excluding hydrogens is 342 g/mol. The van der Waals surface area contributed by atoms with Crippen molar-refractivity contribution in [1.82, 2.24) is 4.90 Å². The van der Waals surface area contributed by atoms with Crippen LogP contribution >= 0.6 is 0 Å². The highest BCUT2D eigenvalue weighted by molar-refractivity contribution is 5.53. The van der Waals surface area contributed by atoms with E-state index in [1.54, 1.807) is 21.3 Å². The van der Waals surface area contributed by atoms with Crippen LogP contribution in [0.3, 0.4) is 0 Å². The number of benzene rings is 2. The van der Waals surface area contributed by atoms with Crippen molar-refractivity contribution in [3.8, 4) is 17.2 Å². The van der Waals surface area contributed by atoms with Gasteiger partial charge in [0.15, 0.2) is 11.5 Å². The molecule has 1 fully saturated rings. The largest absolute Gasteiger partial charge is 0.493 e. The second kappa shape index (κ2) is 8.63. The van der Waals surface area contributed by atoms with E-state index in [4.69, 9.17) is 14.2 Å². The number of methoxy groups -OCH3 is 3. The molecule has 1 saturated heterocycles. The van der Waals surface area contributed by atoms with Crippen molar-refractivity contribution in [3.63, 3.8) is 0 Å². The molecule has 1 N–H and O–H groups in total. The van der Waals surface area contributed by atoms with Crippen molar-refractivity contribution in [3.05, 3.63) is 53.6 Å². The summed E-state index contributed by atoms with van der Waals surface area (Å²) < 4.78 is 16.4. The molecule has 0 spiro atoms. The van der Waals surface area contributed by atoms with Gasteiger partial charge in [0, 0.05) is 25.1 Å². The zero-order chi connectivity index (χ0) is 19.3. The van der Waals surface area contributed by atoms with Gasteiger partial charge in [-0.15, -0.1) is 0 Å². The van der Waals surface area contributed by atoms with E-state index in [-0.39, 0.29) is 12.0 Å². The number of ether oxygens (including phenoxy) is 3. The SMILES string of the molecule is COc1cc(CN2CCC(CCO)(c3ccccc3)C2)cc(OC)c1OC. The average Bonchev–Trinajstić information content (AvgIpc) is 3.11. The lowest BCUT2D eigenvalue weighted by Gasteiger charge is -2.29. The van der Waals surface area contributed by atoms with Crippen LogP contribution in [0, 0.1) is 0 Å². The summed E-state index contributed by atoms with van der Waals surface area (Å²) in [7, 11) is 4.89. The molecule has 1 atom stereocenters. The van der Waals surface area contributed by atoms with Crippen molar-refractivity contribution in [2.45, 2.75) is 24.8 Å². The molecule has 1 aliphatic rings. The van der Waals surface area contributed by atoms with Crippen molar-refractivity contribution in [1.29, 1.82) is 0 Å². The van der Waals surface area contributed by atoms with Crippen molar-refractivity contribution in [2.24, 2.45) is 0 Å². The van der Waals surface area contributed by atoms with Crippen LogP contribution in [-0.4, -0.2) is 51.0 Å². The van der Waals surface area contributed by atoms with Gasteiger partial charge in [0.2, 0.25) is 5.75 Å². The van der Waals surface area contributed by atoms with E-state index in [9.17, 15) is 5.11 Å². The molecule has 27 heavy (non-hydrogen) atoms. The first-order valence-corrected chi connectivity index (χ1v) is 9.33. The highest BCUT2D eigenvalue weighted by atomic mass is 16.5. The van der Waals surface area contributed by atoms with Crippen LogP contribution < -0.4 is 14.2 Å². The number of hydrogen-bond donors (Lipinski definition) is 1. The summed E-state index contributed by atoms with van der Waals surface area (Å²) in [6.45, 7) is 2.92. The number of rotatable bonds is 8. The number of aliphatic hydroxyl groups is 1. The number of nitrogens with zero attached hydrogens (tertiary/aromatic N) is 1. The van der Waals surface area contributed by atoms with Gasteiger partial charge in [-0.05, 0) is 42.6 Å². The standard InChI is InChI=1S/C22H29NO4/c1-25-19-13-17(14-20(26-2)21(19)27-3)15-23-11-9-22(16-23,10-12-24)18-7-5-4-6-8-18/h4-8,13-14,24H,9-12,15-16H2,1-3H3. The maximum absolute atomic E-state index is 9.66. The van der Waals surface area contributed by atoms with Gasteiger partial charge >= 0.3 is 0 Å². The predicted octanol–water partition coefficient (Wildman–Crippen LogP) is 3.24. The highest BCUT2D eigenvalue weighted by Gasteiger charge is 2.39. The molecule has 2 aromatic rings. The third-order valence-electron chi connectivity index (χ3n) is 5.54. The van der Waals surface area contributed by atoms with E-state index < -0.39 is 0 Å². The Hall–Kier alpha value is -2.24. The van der Waals surface area contributed by atoms with Crippen LogP contribution in [0.15, 0.2) is 42.5 Å². The summed E-state index contributed by atoms with van der Waals surface area (Å²) in [5.74, 6) is 1.97. The van der Waals surface area contributed by atoms with Gasteiger partial charge in [-0.25, -0.2) is 0 Å². The van der Waals surface area contributed by atoms with Gasteiger partial charge in [0.05, 0.1) is 21.3 Å². The van der Waals surface area contributed by atoms with Gasteiger partial charge in [-0.1, -0.05) is 30.3 Å². The summed E-state index contributed by atoms with van der Waals surface area (Å²) in [6.07, 6.45) is 1.82. The van der Waals surface area contributed by atoms with Crippen molar-refractivity contribution in [2.75, 3.05) is 41.0 Å². The Labute approximate surface area is 161 Å². The average molecular weight is 371 g/mol. The molecule has 5 heteroatoms. The van der Waals surface area contributed by atoms with Crippen LogP contribution in [0.5, 0.6) is 17.2 Å². The molecule has 0 aromatic heterocycles. The van der Waals surface area contributed by atoms with E-state index in [0.29, 0.717) is 17.2 Å². The van der Waals surface area contributed by atoms with E-state index in [1.807, 2.05) is 18.2 Å². The zero-order valence-corrected chi connectivity index (χ0v) is 16.4. The minimum absolute atomic E-state index is 0.0106. The first-order valence-electron chi connectivity index (χ1n) is 9.33. The maximum Gasteiger partial charge on any atom is 0.203 e. The summed E-state index contributed by atoms with van der Waals surface area (Å²) >= 11 is 0. The molecule has 2 aromatic carbocycles. The molecule has 0 aliphatic carbocycles. The van der Waals surface area contributed by atoms with Crippen molar-refractivity contribution >= 4 is 0 Å². The molecule has 3 rings (SSSR count). The second-order valence-electron chi connectivity index (χ2n) is 7.11. The molecule has 5 nitrogen and oxygen atoms in total. The summed E-state index contributed by atoms with van der Waals surface area (Å²) in [5.41, 5.74) is 2.44. The molecule has 1 unspecified atom stereocenters. The van der Waals surface area contributed by atoms with E-state index in [1.165, 1.54) is 5.56 Å². The lowest BCUT2D eigenvalue weighted by molar-refractivity contribution is 0.227. The van der Waals surface area contributed by atoms with E-state index in [0.717, 1.165) is 38.0 Å². The predicted molar refractivity (Wildman–Crippen MR) is 106 cm³/mol. The third-order valence-corrected chi connectivity index (χ3v) is 5.54. The van der Waals surface area contributed by atoms with Crippen LogP contribution in [0.2, 0.25) is 0 Å². The molecule has 0 amide bonds. The van der Waals surface area contributed by atoms with Crippen molar-refractivity contribution < 1.29 is 19.3 Å². The Balaban J connectivity index is 1.81. The summed E-state index contributed by atoms with van der Waals surface area (Å²) in [5, 5.41) is 9.66. The van der Waals surface area contributed by atoms with Crippen LogP contribution in [0.25, 0.3) is 0 Å². The molecule has 0 bridgehead atoms. The fourth-order valence-corrected chi connectivity index (χ4v) is 4.17. The molecule has 1 heterocycles. The molecular formula is C22H29NO4. The minimum atomic E-state index is 0.0106. The first kappa shape index (κ1) is 19.5. The Bertz CT molecular complexity index is 724. The quantitative estimate of drug-likeness (QED) is 0.772. The highest BCUT2D eigenvalue weighted by Crippen LogP contribution is 2.41. The van der Waals surface area contributed by atoms with Gasteiger partial charge in [0.25, 0.3) is 0 Å². The first-order chi connectivity index (χ1) is 13.2. The Morgan fingerprint density at radius 3 is 2.22 bits per heavy atom. The van der Waals surface area contributed by atoms with E-state index >= 15 is 0 Å². The minimum Gasteiger partial charge on any atom is -0.493 e. The third kappa shape index (κ3) is 4.04. The smallest absolute Gasteiger partial charge is 0.203 e. The van der Waals surface area contributed by atoms with Gasteiger partial charge in [-0.2, -0.15) is 0 Å². The van der Waals surface area contributed by atoms with Crippen LogP contribution in [0.4, 0.5) is 0 Å². The maximum atomic E-state index is 9.66. The number of aliphatic hydroxyl groups excluding tert-OH is 1. The molecule has 1 aliphatic heterocycles. The van der Waals surface area contributed by atoms with Crippen LogP contribution in [0.1, 0.15) is 24.0 Å². The Morgan fingerprint density at radius 1 is 1.00 bits per heavy atom. The molecule has 0 saturated carbocycles. The van der Waals surface area contributed by atoms with Gasteiger partial charge in [0.1, 0.15) is 0 Å². The second-order valence-corrected chi connectivity index (χ2v) is 7.11. The molecule has 0 radical (unpaired) electrons. The number of likely N-dealkylation sites (tertiary alicyclic amines) is 1. The van der Waals surface area contributed by atoms with Gasteiger partial charge in [-0.3, -0.25) is 4.90 Å². The van der Waals surface area contributed by atoms with E-state index in [2.05, 4.69) is 29.2 Å². The summed E-state index contributed by atoms with van der Waals surface area (Å²) in [6, 6.07) is 14.6. The topological polar surface area (TPSA) is 51.2 Å². The fraction of sp³-hybridized carbons (Fsp3) is 0.455. The lowest BCUT2D eigenvalue weighted by Crippen LogP contribution is -2.32. The van der Waals surface area contributed by atoms with Gasteiger partial charge < -0.3 is 19.3 Å². The fourth-order valence-electron chi connectivity index (χ4n) is 4.17.